The molecular formula is C9H15NO3S. The van der Waals surface area contributed by atoms with Gasteiger partial charge in [-0.25, -0.2) is 8.42 Å². The summed E-state index contributed by atoms with van der Waals surface area (Å²) in [6.07, 6.45) is 2.86. The van der Waals surface area contributed by atoms with Gasteiger partial charge < -0.3 is 5.32 Å². The van der Waals surface area contributed by atoms with Crippen LogP contribution in [0.25, 0.3) is 0 Å². The third-order valence-corrected chi connectivity index (χ3v) is 3.80. The Morgan fingerprint density at radius 1 is 1.57 bits per heavy atom. The molecule has 14 heavy (non-hydrogen) atoms. The minimum absolute atomic E-state index is 0.0448. The van der Waals surface area contributed by atoms with E-state index in [1.165, 1.54) is 6.92 Å². The van der Waals surface area contributed by atoms with Gasteiger partial charge in [0.25, 0.3) is 0 Å². The molecule has 0 saturated heterocycles. The fraction of sp³-hybridized carbons (Fsp3) is 0.667. The van der Waals surface area contributed by atoms with Gasteiger partial charge in [-0.1, -0.05) is 18.6 Å². The van der Waals surface area contributed by atoms with E-state index in [4.69, 9.17) is 0 Å². The molecule has 80 valence electrons. The first-order chi connectivity index (χ1) is 6.56. The van der Waals surface area contributed by atoms with Crippen LogP contribution >= 0.6 is 0 Å². The number of rotatable bonds is 3. The van der Waals surface area contributed by atoms with Crippen molar-refractivity contribution >= 4 is 15.0 Å². The summed E-state index contributed by atoms with van der Waals surface area (Å²) in [5.41, 5.74) is 0.887. The molecule has 1 aliphatic heterocycles. The van der Waals surface area contributed by atoms with Crippen LogP contribution in [-0.2, 0) is 14.6 Å². The lowest BCUT2D eigenvalue weighted by Gasteiger charge is -2.13. The molecule has 1 N–H and O–H groups in total. The van der Waals surface area contributed by atoms with Crippen molar-refractivity contribution in [3.63, 3.8) is 0 Å². The van der Waals surface area contributed by atoms with Gasteiger partial charge in [0.1, 0.15) is 0 Å². The molecule has 0 amide bonds. The molecule has 4 nitrogen and oxygen atoms in total. The molecule has 0 atom stereocenters. The van der Waals surface area contributed by atoms with E-state index in [0.717, 1.165) is 18.5 Å². The lowest BCUT2D eigenvalue weighted by Crippen LogP contribution is -2.25. The number of nitrogens with one attached hydrogen (secondary N) is 1. The van der Waals surface area contributed by atoms with Crippen molar-refractivity contribution in [3.05, 3.63) is 11.6 Å². The lowest BCUT2D eigenvalue weighted by atomic mass is 10.1. The SMILES string of the molecule is CCS(=O)(=O)C(=O)CC1=CCCNC1. The molecule has 0 radical (unpaired) electrons. The molecule has 1 rings (SSSR count). The average Bonchev–Trinajstić information content (AvgIpc) is 2.19. The Balaban J connectivity index is 2.61. The Bertz CT molecular complexity index is 343. The summed E-state index contributed by atoms with van der Waals surface area (Å²) in [5, 5.41) is 2.44. The standard InChI is InChI=1S/C9H15NO3S/c1-2-14(12,13)9(11)6-8-4-3-5-10-7-8/h4,10H,2-3,5-7H2,1H3. The summed E-state index contributed by atoms with van der Waals surface area (Å²) < 4.78 is 22.4. The van der Waals surface area contributed by atoms with Crippen LogP contribution < -0.4 is 5.32 Å². The monoisotopic (exact) mass is 217 g/mol. The largest absolute Gasteiger partial charge is 0.313 e. The summed E-state index contributed by atoms with van der Waals surface area (Å²) in [4.78, 5) is 11.3. The molecule has 0 unspecified atom stereocenters. The molecule has 1 heterocycles. The van der Waals surface area contributed by atoms with Gasteiger partial charge >= 0.3 is 0 Å². The van der Waals surface area contributed by atoms with E-state index in [9.17, 15) is 13.2 Å². The maximum atomic E-state index is 11.3. The van der Waals surface area contributed by atoms with Gasteiger partial charge in [-0.15, -0.1) is 0 Å². The Morgan fingerprint density at radius 2 is 2.29 bits per heavy atom. The third-order valence-electron chi connectivity index (χ3n) is 2.20. The van der Waals surface area contributed by atoms with Gasteiger partial charge in [-0.3, -0.25) is 4.79 Å². The number of hydrogen-bond acceptors (Lipinski definition) is 4. The molecule has 5 heteroatoms. The van der Waals surface area contributed by atoms with Crippen molar-refractivity contribution in [1.29, 1.82) is 0 Å². The van der Waals surface area contributed by atoms with Gasteiger partial charge in [-0.05, 0) is 13.0 Å². The van der Waals surface area contributed by atoms with E-state index in [-0.39, 0.29) is 12.2 Å². The highest BCUT2D eigenvalue weighted by atomic mass is 32.2. The highest BCUT2D eigenvalue weighted by molar-refractivity contribution is 8.06. The predicted octanol–water partition coefficient (Wildman–Crippen LogP) is 0.257. The third kappa shape index (κ3) is 2.92. The molecule has 0 spiro atoms. The second-order valence-corrected chi connectivity index (χ2v) is 5.54. The highest BCUT2D eigenvalue weighted by Gasteiger charge is 2.20. The zero-order valence-electron chi connectivity index (χ0n) is 8.25. The topological polar surface area (TPSA) is 63.2 Å². The summed E-state index contributed by atoms with van der Waals surface area (Å²) in [5.74, 6) is -0.105. The molecule has 0 aliphatic carbocycles. The van der Waals surface area contributed by atoms with Crippen LogP contribution in [0.1, 0.15) is 19.8 Å². The fourth-order valence-corrected chi connectivity index (χ4v) is 2.02. The molecule has 1 aliphatic rings. The maximum absolute atomic E-state index is 11.3. The van der Waals surface area contributed by atoms with Crippen LogP contribution in [0.2, 0.25) is 0 Å². The number of carbonyl (C=O) groups is 1. The summed E-state index contributed by atoms with van der Waals surface area (Å²) in [6.45, 7) is 3.02. The average molecular weight is 217 g/mol. The van der Waals surface area contributed by atoms with Crippen LogP contribution in [0.4, 0.5) is 0 Å². The zero-order chi connectivity index (χ0) is 10.6. The fourth-order valence-electron chi connectivity index (χ4n) is 1.29. The van der Waals surface area contributed by atoms with Gasteiger partial charge in [-0.2, -0.15) is 0 Å². The minimum atomic E-state index is -3.51. The van der Waals surface area contributed by atoms with Gasteiger partial charge in [0.05, 0.1) is 5.75 Å². The molecule has 0 bridgehead atoms. The summed E-state index contributed by atoms with van der Waals surface area (Å²) in [6, 6.07) is 0. The van der Waals surface area contributed by atoms with E-state index >= 15 is 0 Å². The van der Waals surface area contributed by atoms with Crippen LogP contribution in [0, 0.1) is 0 Å². The van der Waals surface area contributed by atoms with Crippen molar-refractivity contribution in [2.45, 2.75) is 19.8 Å². The highest BCUT2D eigenvalue weighted by Crippen LogP contribution is 2.09. The number of sulfone groups is 1. The minimum Gasteiger partial charge on any atom is -0.313 e. The van der Waals surface area contributed by atoms with Crippen LogP contribution in [0.15, 0.2) is 11.6 Å². The molecule has 0 fully saturated rings. The molecular weight excluding hydrogens is 202 g/mol. The predicted molar refractivity (Wildman–Crippen MR) is 54.7 cm³/mol. The van der Waals surface area contributed by atoms with E-state index < -0.39 is 15.0 Å². The van der Waals surface area contributed by atoms with Gasteiger partial charge in [0.15, 0.2) is 0 Å². The first-order valence-corrected chi connectivity index (χ1v) is 6.35. The first kappa shape index (κ1) is 11.4. The second-order valence-electron chi connectivity index (χ2n) is 3.28. The lowest BCUT2D eigenvalue weighted by molar-refractivity contribution is -0.111. The van der Waals surface area contributed by atoms with Crippen LogP contribution in [-0.4, -0.2) is 32.4 Å². The summed E-state index contributed by atoms with van der Waals surface area (Å²) >= 11 is 0. The molecule has 0 aromatic heterocycles. The number of carbonyl (C=O) groups excluding carboxylic acids is 1. The first-order valence-electron chi connectivity index (χ1n) is 4.70. The zero-order valence-corrected chi connectivity index (χ0v) is 9.06. The Labute approximate surface area is 84.3 Å². The Morgan fingerprint density at radius 3 is 2.79 bits per heavy atom. The van der Waals surface area contributed by atoms with E-state index in [1.807, 2.05) is 6.08 Å². The van der Waals surface area contributed by atoms with Crippen molar-refractivity contribution < 1.29 is 13.2 Å². The Kier molecular flexibility index (Phi) is 3.83. The summed E-state index contributed by atoms with van der Waals surface area (Å²) in [7, 11) is -3.51. The van der Waals surface area contributed by atoms with Crippen molar-refractivity contribution in [3.8, 4) is 0 Å². The second kappa shape index (κ2) is 4.70. The van der Waals surface area contributed by atoms with E-state index in [0.29, 0.717) is 6.54 Å². The molecule has 0 aromatic rings. The van der Waals surface area contributed by atoms with Crippen molar-refractivity contribution in [2.24, 2.45) is 0 Å². The maximum Gasteiger partial charge on any atom is 0.250 e. The van der Waals surface area contributed by atoms with Crippen LogP contribution in [0.5, 0.6) is 0 Å². The molecule has 0 aromatic carbocycles. The van der Waals surface area contributed by atoms with E-state index in [2.05, 4.69) is 5.32 Å². The quantitative estimate of drug-likeness (QED) is 0.689. The Hall–Kier alpha value is -0.680. The van der Waals surface area contributed by atoms with Crippen molar-refractivity contribution in [2.75, 3.05) is 18.8 Å². The van der Waals surface area contributed by atoms with Crippen LogP contribution in [0.3, 0.4) is 0 Å². The number of hydrogen-bond donors (Lipinski definition) is 1. The van der Waals surface area contributed by atoms with Gasteiger partial charge in [0, 0.05) is 13.0 Å². The molecule has 0 saturated carbocycles. The normalized spacial score (nSPS) is 17.6. The smallest absolute Gasteiger partial charge is 0.250 e. The van der Waals surface area contributed by atoms with Gasteiger partial charge in [0.2, 0.25) is 15.0 Å². The van der Waals surface area contributed by atoms with E-state index in [1.54, 1.807) is 0 Å². The van der Waals surface area contributed by atoms with Crippen molar-refractivity contribution in [1.82, 2.24) is 5.32 Å².